The second kappa shape index (κ2) is 9.67. The third-order valence-corrected chi connectivity index (χ3v) is 7.64. The number of alkyl halides is 3. The van der Waals surface area contributed by atoms with Crippen molar-refractivity contribution in [3.05, 3.63) is 65.4 Å². The van der Waals surface area contributed by atoms with Crippen molar-refractivity contribution in [1.82, 2.24) is 15.2 Å². The molecule has 2 fully saturated rings. The zero-order chi connectivity index (χ0) is 25.5. The van der Waals surface area contributed by atoms with E-state index in [4.69, 9.17) is 0 Å². The Labute approximate surface area is 207 Å². The highest BCUT2D eigenvalue weighted by molar-refractivity contribution is 5.84. The standard InChI is InChI=1S/C14H15F3N2.C13H16F2N2/c1-9-6-11-10-4-2-3-5-12(10)18-13(11)7-19(9)8-14(15,16)17;14-10-4-11(15)6-12(5-10)17-3-1-2-13(9-17)7-16-8-13/h2-5,9,18H,6-8H2,1H3;4-6,16H,1-3,7-9H2. The minimum absolute atomic E-state index is 0.0895. The molecule has 1 atom stereocenters. The van der Waals surface area contributed by atoms with Crippen LogP contribution in [0.25, 0.3) is 10.9 Å². The monoisotopic (exact) mass is 506 g/mol. The molecule has 4 nitrogen and oxygen atoms in total. The summed E-state index contributed by atoms with van der Waals surface area (Å²) in [7, 11) is 0. The minimum Gasteiger partial charge on any atom is -0.371 e. The normalized spacial score (nSPS) is 21.6. The molecular formula is C27H31F5N4. The van der Waals surface area contributed by atoms with Crippen molar-refractivity contribution in [2.24, 2.45) is 5.41 Å². The van der Waals surface area contributed by atoms with Crippen LogP contribution in [0.3, 0.4) is 0 Å². The van der Waals surface area contributed by atoms with E-state index in [1.807, 2.05) is 31.2 Å². The van der Waals surface area contributed by atoms with Gasteiger partial charge >= 0.3 is 6.18 Å². The molecule has 3 aromatic rings. The van der Waals surface area contributed by atoms with Crippen molar-refractivity contribution in [1.29, 1.82) is 0 Å². The van der Waals surface area contributed by atoms with E-state index in [9.17, 15) is 22.0 Å². The maximum absolute atomic E-state index is 13.2. The Kier molecular flexibility index (Phi) is 6.72. The Morgan fingerprint density at radius 2 is 1.78 bits per heavy atom. The fourth-order valence-corrected chi connectivity index (χ4v) is 5.77. The van der Waals surface area contributed by atoms with Crippen molar-refractivity contribution in [3.63, 3.8) is 0 Å². The predicted octanol–water partition coefficient (Wildman–Crippen LogP) is 5.63. The van der Waals surface area contributed by atoms with Gasteiger partial charge in [0.25, 0.3) is 0 Å². The van der Waals surface area contributed by atoms with Gasteiger partial charge in [0.1, 0.15) is 11.6 Å². The summed E-state index contributed by atoms with van der Waals surface area (Å²) < 4.78 is 64.0. The third kappa shape index (κ3) is 5.37. The molecule has 4 heterocycles. The van der Waals surface area contributed by atoms with Gasteiger partial charge in [-0.05, 0) is 49.9 Å². The molecular weight excluding hydrogens is 475 g/mol. The molecule has 9 heteroatoms. The lowest BCUT2D eigenvalue weighted by Crippen LogP contribution is -2.61. The maximum atomic E-state index is 13.2. The van der Waals surface area contributed by atoms with Crippen LogP contribution in [-0.4, -0.2) is 54.8 Å². The molecule has 36 heavy (non-hydrogen) atoms. The predicted molar refractivity (Wildman–Crippen MR) is 131 cm³/mol. The summed E-state index contributed by atoms with van der Waals surface area (Å²) in [6, 6.07) is 11.6. The average Bonchev–Trinajstić information content (AvgIpc) is 3.14. The fraction of sp³-hybridized carbons (Fsp3) is 0.481. The van der Waals surface area contributed by atoms with Gasteiger partial charge < -0.3 is 15.2 Å². The number of anilines is 1. The molecule has 3 aliphatic rings. The summed E-state index contributed by atoms with van der Waals surface area (Å²) in [6.45, 7) is 5.21. The van der Waals surface area contributed by atoms with E-state index in [-0.39, 0.29) is 6.04 Å². The van der Waals surface area contributed by atoms with Crippen LogP contribution in [0.5, 0.6) is 0 Å². The van der Waals surface area contributed by atoms with Crippen LogP contribution >= 0.6 is 0 Å². The first kappa shape index (κ1) is 25.0. The van der Waals surface area contributed by atoms with E-state index in [2.05, 4.69) is 15.2 Å². The number of hydrogen-bond donors (Lipinski definition) is 2. The van der Waals surface area contributed by atoms with Crippen LogP contribution in [0.15, 0.2) is 42.5 Å². The number of para-hydroxylation sites is 1. The highest BCUT2D eigenvalue weighted by atomic mass is 19.4. The van der Waals surface area contributed by atoms with Gasteiger partial charge in [-0.3, -0.25) is 4.90 Å². The zero-order valence-electron chi connectivity index (χ0n) is 20.3. The molecule has 1 unspecified atom stereocenters. The van der Waals surface area contributed by atoms with Gasteiger partial charge in [0, 0.05) is 72.5 Å². The summed E-state index contributed by atoms with van der Waals surface area (Å²) in [5.41, 5.74) is 4.10. The summed E-state index contributed by atoms with van der Waals surface area (Å²) >= 11 is 0. The van der Waals surface area contributed by atoms with Gasteiger partial charge in [-0.25, -0.2) is 8.78 Å². The second-order valence-electron chi connectivity index (χ2n) is 10.5. The summed E-state index contributed by atoms with van der Waals surface area (Å²) in [4.78, 5) is 6.83. The van der Waals surface area contributed by atoms with Crippen LogP contribution in [0.1, 0.15) is 31.0 Å². The van der Waals surface area contributed by atoms with E-state index in [0.29, 0.717) is 24.1 Å². The zero-order valence-corrected chi connectivity index (χ0v) is 20.3. The van der Waals surface area contributed by atoms with E-state index in [1.54, 1.807) is 0 Å². The molecule has 3 aliphatic heterocycles. The molecule has 0 aliphatic carbocycles. The lowest BCUT2D eigenvalue weighted by molar-refractivity contribution is -0.152. The van der Waals surface area contributed by atoms with Gasteiger partial charge in [0.2, 0.25) is 0 Å². The Balaban J connectivity index is 0.000000149. The molecule has 0 radical (unpaired) electrons. The summed E-state index contributed by atoms with van der Waals surface area (Å²) in [5, 5.41) is 4.43. The molecule has 2 N–H and O–H groups in total. The minimum atomic E-state index is -4.14. The largest absolute Gasteiger partial charge is 0.401 e. The molecule has 0 amide bonds. The maximum Gasteiger partial charge on any atom is 0.401 e. The number of rotatable bonds is 2. The van der Waals surface area contributed by atoms with Crippen LogP contribution in [-0.2, 0) is 13.0 Å². The van der Waals surface area contributed by atoms with Crippen LogP contribution in [0, 0.1) is 17.0 Å². The first-order valence-electron chi connectivity index (χ1n) is 12.4. The first-order valence-corrected chi connectivity index (χ1v) is 12.4. The highest BCUT2D eigenvalue weighted by Gasteiger charge is 2.40. The van der Waals surface area contributed by atoms with Crippen molar-refractivity contribution in [3.8, 4) is 0 Å². The number of aromatic nitrogens is 1. The quantitative estimate of drug-likeness (QED) is 0.442. The number of piperidine rings is 1. The smallest absolute Gasteiger partial charge is 0.371 e. The number of benzene rings is 2. The summed E-state index contributed by atoms with van der Waals surface area (Å²) in [6.07, 6.45) is -1.17. The number of halogens is 5. The van der Waals surface area contributed by atoms with Gasteiger partial charge in [0.05, 0.1) is 6.54 Å². The second-order valence-corrected chi connectivity index (χ2v) is 10.5. The lowest BCUT2D eigenvalue weighted by atomic mass is 9.75. The van der Waals surface area contributed by atoms with Crippen LogP contribution < -0.4 is 10.2 Å². The van der Waals surface area contributed by atoms with Crippen molar-refractivity contribution < 1.29 is 22.0 Å². The van der Waals surface area contributed by atoms with Gasteiger partial charge in [-0.1, -0.05) is 18.2 Å². The molecule has 2 aromatic carbocycles. The van der Waals surface area contributed by atoms with Crippen LogP contribution in [0.4, 0.5) is 27.6 Å². The third-order valence-electron chi connectivity index (χ3n) is 7.64. The Morgan fingerprint density at radius 3 is 2.44 bits per heavy atom. The molecule has 194 valence electrons. The molecule has 1 aromatic heterocycles. The molecule has 0 saturated carbocycles. The Hall–Kier alpha value is -2.65. The fourth-order valence-electron chi connectivity index (χ4n) is 5.77. The van der Waals surface area contributed by atoms with Crippen molar-refractivity contribution in [2.45, 2.75) is 44.9 Å². The van der Waals surface area contributed by atoms with E-state index >= 15 is 0 Å². The Morgan fingerprint density at radius 1 is 1.06 bits per heavy atom. The SMILES string of the molecule is CC1Cc2c([nH]c3ccccc23)CN1CC(F)(F)F.Fc1cc(F)cc(N2CCCC3(CNC3)C2)c1. The van der Waals surface area contributed by atoms with E-state index < -0.39 is 24.4 Å². The average molecular weight is 507 g/mol. The number of nitrogens with zero attached hydrogens (tertiary/aromatic N) is 2. The van der Waals surface area contributed by atoms with Gasteiger partial charge in [-0.15, -0.1) is 0 Å². The van der Waals surface area contributed by atoms with E-state index in [0.717, 1.165) is 55.3 Å². The Bertz CT molecular complexity index is 1200. The molecule has 6 rings (SSSR count). The van der Waals surface area contributed by atoms with Crippen molar-refractivity contribution in [2.75, 3.05) is 37.6 Å². The van der Waals surface area contributed by atoms with Crippen LogP contribution in [0.2, 0.25) is 0 Å². The molecule has 0 bridgehead atoms. The number of nitrogens with one attached hydrogen (secondary N) is 2. The topological polar surface area (TPSA) is 34.3 Å². The van der Waals surface area contributed by atoms with Gasteiger partial charge in [0.15, 0.2) is 0 Å². The lowest BCUT2D eigenvalue weighted by Gasteiger charge is -2.50. The highest BCUT2D eigenvalue weighted by Crippen LogP contribution is 2.36. The van der Waals surface area contributed by atoms with Crippen molar-refractivity contribution >= 4 is 16.6 Å². The molecule has 1 spiro atoms. The number of fused-ring (bicyclic) bond motifs is 3. The number of hydrogen-bond acceptors (Lipinski definition) is 3. The number of H-pyrrole nitrogens is 1. The molecule has 2 saturated heterocycles. The summed E-state index contributed by atoms with van der Waals surface area (Å²) in [5.74, 6) is -0.988. The van der Waals surface area contributed by atoms with Gasteiger partial charge in [-0.2, -0.15) is 13.2 Å². The first-order chi connectivity index (χ1) is 17.1. The number of aromatic amines is 1. The van der Waals surface area contributed by atoms with E-state index in [1.165, 1.54) is 29.0 Å².